The summed E-state index contributed by atoms with van der Waals surface area (Å²) in [6, 6.07) is 17.3. The molecular formula is C26H23ClN4O3. The van der Waals surface area contributed by atoms with Gasteiger partial charge in [-0.1, -0.05) is 41.9 Å². The lowest BCUT2D eigenvalue weighted by Crippen LogP contribution is -2.40. The minimum absolute atomic E-state index is 0.0505. The van der Waals surface area contributed by atoms with E-state index in [1.165, 1.54) is 0 Å². The number of aromatic amines is 1. The summed E-state index contributed by atoms with van der Waals surface area (Å²) in [6.07, 6.45) is 2.60. The summed E-state index contributed by atoms with van der Waals surface area (Å²) >= 11 is 6.66. The molecule has 34 heavy (non-hydrogen) atoms. The van der Waals surface area contributed by atoms with Crippen LogP contribution in [0.4, 0.5) is 4.79 Å². The maximum atomic E-state index is 12.1. The van der Waals surface area contributed by atoms with Crippen molar-refractivity contribution in [2.24, 2.45) is 0 Å². The number of urea groups is 1. The first-order valence-electron chi connectivity index (χ1n) is 10.9. The van der Waals surface area contributed by atoms with Crippen LogP contribution in [0, 0.1) is 18.3 Å². The Morgan fingerprint density at radius 1 is 1.15 bits per heavy atom. The van der Waals surface area contributed by atoms with Crippen molar-refractivity contribution in [3.63, 3.8) is 0 Å². The van der Waals surface area contributed by atoms with Gasteiger partial charge >= 0.3 is 6.03 Å². The molecule has 1 saturated carbocycles. The van der Waals surface area contributed by atoms with Gasteiger partial charge in [0.25, 0.3) is 11.5 Å². The van der Waals surface area contributed by atoms with Crippen LogP contribution in [0.15, 0.2) is 59.4 Å². The number of aryl methyl sites for hydroxylation is 1. The van der Waals surface area contributed by atoms with E-state index in [0.29, 0.717) is 29.2 Å². The number of nitrogens with one attached hydrogen (secondary N) is 3. The Labute approximate surface area is 201 Å². The van der Waals surface area contributed by atoms with Crippen LogP contribution in [0.1, 0.15) is 46.4 Å². The summed E-state index contributed by atoms with van der Waals surface area (Å²) in [7, 11) is 0. The van der Waals surface area contributed by atoms with Crippen LogP contribution in [-0.2, 0) is 5.41 Å². The number of rotatable bonds is 6. The van der Waals surface area contributed by atoms with Gasteiger partial charge in [0.2, 0.25) is 0 Å². The molecule has 0 spiro atoms. The molecule has 1 aliphatic carbocycles. The number of hydrogen-bond acceptors (Lipinski definition) is 4. The van der Waals surface area contributed by atoms with Gasteiger partial charge in [-0.05, 0) is 67.0 Å². The molecule has 0 bridgehead atoms. The van der Waals surface area contributed by atoms with Crippen LogP contribution < -0.4 is 16.2 Å². The second-order valence-corrected chi connectivity index (χ2v) is 8.87. The Bertz CT molecular complexity index is 1350. The van der Waals surface area contributed by atoms with Crippen molar-refractivity contribution in [1.29, 1.82) is 5.26 Å². The summed E-state index contributed by atoms with van der Waals surface area (Å²) in [6.45, 7) is 2.18. The number of H-pyrrole nitrogens is 1. The van der Waals surface area contributed by atoms with E-state index in [2.05, 4.69) is 15.6 Å². The van der Waals surface area contributed by atoms with Crippen LogP contribution in [0.25, 0.3) is 11.1 Å². The highest BCUT2D eigenvalue weighted by Crippen LogP contribution is 2.53. The monoisotopic (exact) mass is 474 g/mol. The minimum atomic E-state index is -0.534. The molecule has 4 rings (SSSR count). The molecule has 1 heterocycles. The van der Waals surface area contributed by atoms with E-state index in [4.69, 9.17) is 11.6 Å². The smallest absolute Gasteiger partial charge is 0.321 e. The summed E-state index contributed by atoms with van der Waals surface area (Å²) < 4.78 is 0. The van der Waals surface area contributed by atoms with Gasteiger partial charge in [-0.25, -0.2) is 4.79 Å². The molecule has 172 valence electrons. The molecule has 0 radical (unpaired) electrons. The van der Waals surface area contributed by atoms with Crippen LogP contribution in [0.5, 0.6) is 0 Å². The molecular weight excluding hydrogens is 452 g/mol. The third kappa shape index (κ3) is 4.87. The average molecular weight is 475 g/mol. The molecule has 8 heteroatoms. The number of amides is 3. The highest BCUT2D eigenvalue weighted by atomic mass is 35.5. The lowest BCUT2D eigenvalue weighted by molar-refractivity contribution is 0.0964. The Kier molecular flexibility index (Phi) is 6.53. The molecule has 0 aliphatic heterocycles. The van der Waals surface area contributed by atoms with Gasteiger partial charge < -0.3 is 10.3 Å². The molecule has 2 aromatic carbocycles. The van der Waals surface area contributed by atoms with Crippen LogP contribution >= 0.6 is 11.6 Å². The largest absolute Gasteiger partial charge is 0.338 e. The topological polar surface area (TPSA) is 115 Å². The molecule has 7 nitrogen and oxygen atoms in total. The van der Waals surface area contributed by atoms with Crippen LogP contribution in [0.3, 0.4) is 0 Å². The first kappa shape index (κ1) is 23.3. The SMILES string of the molecule is Cc1[nH]c(=O)c(C#N)cc1-c1ccc(C2(CCNC(=O)NC(=O)c3ccccc3)CC2)c(Cl)c1. The number of nitrogens with zero attached hydrogens (tertiary/aromatic N) is 1. The van der Waals surface area contributed by atoms with E-state index in [0.717, 1.165) is 29.5 Å². The number of halogens is 1. The maximum Gasteiger partial charge on any atom is 0.321 e. The second kappa shape index (κ2) is 9.54. The van der Waals surface area contributed by atoms with E-state index < -0.39 is 17.5 Å². The predicted molar refractivity (Wildman–Crippen MR) is 130 cm³/mol. The van der Waals surface area contributed by atoms with Crippen molar-refractivity contribution in [2.45, 2.75) is 31.6 Å². The number of carbonyl (C=O) groups excluding carboxylic acids is 2. The van der Waals surface area contributed by atoms with Gasteiger partial charge in [-0.3, -0.25) is 14.9 Å². The van der Waals surface area contributed by atoms with Crippen LogP contribution in [0.2, 0.25) is 5.02 Å². The fourth-order valence-electron chi connectivity index (χ4n) is 4.15. The summed E-state index contributed by atoms with van der Waals surface area (Å²) in [5.74, 6) is -0.449. The van der Waals surface area contributed by atoms with Gasteiger partial charge in [-0.2, -0.15) is 5.26 Å². The number of pyridine rings is 1. The second-order valence-electron chi connectivity index (χ2n) is 8.46. The summed E-state index contributed by atoms with van der Waals surface area (Å²) in [5.41, 5.74) is 3.16. The molecule has 3 aromatic rings. The predicted octanol–water partition coefficient (Wildman–Crippen LogP) is 4.44. The average Bonchev–Trinajstić information content (AvgIpc) is 3.60. The van der Waals surface area contributed by atoms with Gasteiger partial charge in [0.1, 0.15) is 11.6 Å². The highest BCUT2D eigenvalue weighted by molar-refractivity contribution is 6.31. The zero-order valence-electron chi connectivity index (χ0n) is 18.6. The van der Waals surface area contributed by atoms with Crippen molar-refractivity contribution in [1.82, 2.24) is 15.6 Å². The lowest BCUT2D eigenvalue weighted by atomic mass is 9.90. The Hall–Kier alpha value is -3.89. The quantitative estimate of drug-likeness (QED) is 0.490. The van der Waals surface area contributed by atoms with Gasteiger partial charge in [0, 0.05) is 28.4 Å². The number of aromatic nitrogens is 1. The molecule has 0 saturated heterocycles. The Morgan fingerprint density at radius 2 is 1.88 bits per heavy atom. The number of imide groups is 1. The van der Waals surface area contributed by atoms with Gasteiger partial charge in [0.15, 0.2) is 0 Å². The zero-order valence-corrected chi connectivity index (χ0v) is 19.3. The van der Waals surface area contributed by atoms with E-state index in [1.807, 2.05) is 24.3 Å². The first-order valence-corrected chi connectivity index (χ1v) is 11.3. The zero-order chi connectivity index (χ0) is 24.3. The summed E-state index contributed by atoms with van der Waals surface area (Å²) in [5, 5.41) is 14.9. The Morgan fingerprint density at radius 3 is 2.53 bits per heavy atom. The number of nitriles is 1. The van der Waals surface area contributed by atoms with Crippen molar-refractivity contribution in [2.75, 3.05) is 6.54 Å². The summed E-state index contributed by atoms with van der Waals surface area (Å²) in [4.78, 5) is 38.8. The van der Waals surface area contributed by atoms with E-state index in [-0.39, 0.29) is 11.0 Å². The van der Waals surface area contributed by atoms with Crippen molar-refractivity contribution >= 4 is 23.5 Å². The first-order chi connectivity index (χ1) is 16.3. The molecule has 1 fully saturated rings. The molecule has 1 aromatic heterocycles. The standard InChI is InChI=1S/C26H23ClN4O3/c1-16-20(13-19(15-28)24(33)30-16)18-7-8-21(22(27)14-18)26(9-10-26)11-12-29-25(34)31-23(32)17-5-3-2-4-6-17/h2-8,13-14H,9-12H2,1H3,(H,30,33)(H2,29,31,32,34). The molecule has 0 unspecified atom stereocenters. The van der Waals surface area contributed by atoms with Gasteiger partial charge in [-0.15, -0.1) is 0 Å². The fourth-order valence-corrected chi connectivity index (χ4v) is 4.53. The van der Waals surface area contributed by atoms with Crippen LogP contribution in [-0.4, -0.2) is 23.5 Å². The fraction of sp³-hybridized carbons (Fsp3) is 0.231. The number of hydrogen-bond donors (Lipinski definition) is 3. The Balaban J connectivity index is 1.41. The van der Waals surface area contributed by atoms with E-state index in [1.54, 1.807) is 43.3 Å². The molecule has 1 aliphatic rings. The van der Waals surface area contributed by atoms with Crippen molar-refractivity contribution in [3.05, 3.63) is 92.4 Å². The third-order valence-electron chi connectivity index (χ3n) is 6.22. The molecule has 3 amide bonds. The third-order valence-corrected chi connectivity index (χ3v) is 6.53. The maximum absolute atomic E-state index is 12.1. The minimum Gasteiger partial charge on any atom is -0.338 e. The number of benzene rings is 2. The molecule has 3 N–H and O–H groups in total. The molecule has 0 atom stereocenters. The van der Waals surface area contributed by atoms with Gasteiger partial charge in [0.05, 0.1) is 0 Å². The normalized spacial score (nSPS) is 13.6. The van der Waals surface area contributed by atoms with Crippen molar-refractivity contribution < 1.29 is 9.59 Å². The van der Waals surface area contributed by atoms with E-state index >= 15 is 0 Å². The van der Waals surface area contributed by atoms with E-state index in [9.17, 15) is 19.6 Å². The number of carbonyl (C=O) groups is 2. The van der Waals surface area contributed by atoms with Crippen molar-refractivity contribution in [3.8, 4) is 17.2 Å². The lowest BCUT2D eigenvalue weighted by Gasteiger charge is -2.19. The highest BCUT2D eigenvalue weighted by Gasteiger charge is 2.45.